The fraction of sp³-hybridized carbons (Fsp3) is 0.176. The zero-order chi connectivity index (χ0) is 13.8. The van der Waals surface area contributed by atoms with Crippen molar-refractivity contribution in [2.24, 2.45) is 0 Å². The second-order valence-corrected chi connectivity index (χ2v) is 5.65. The van der Waals surface area contributed by atoms with Crippen molar-refractivity contribution in [2.75, 3.05) is 24.5 Å². The molecule has 1 heterocycles. The summed E-state index contributed by atoms with van der Waals surface area (Å²) in [6.07, 6.45) is 5.27. The molecule has 0 unspecified atom stereocenters. The molecule has 0 aromatic heterocycles. The van der Waals surface area contributed by atoms with Crippen LogP contribution in [0.25, 0.3) is 0 Å². The smallest absolute Gasteiger partial charge is 0.0574 e. The minimum absolute atomic E-state index is 0.617. The number of terminal acetylenes is 1. The summed E-state index contributed by atoms with van der Waals surface area (Å²) in [6, 6.07) is 17.1. The van der Waals surface area contributed by atoms with Crippen molar-refractivity contribution in [3.8, 4) is 12.3 Å². The monoisotopic (exact) mass is 280 g/mol. The predicted octanol–water partition coefficient (Wildman–Crippen LogP) is 3.51. The summed E-state index contributed by atoms with van der Waals surface area (Å²) in [4.78, 5) is 4.98. The van der Waals surface area contributed by atoms with E-state index < -0.39 is 0 Å². The Morgan fingerprint density at radius 3 is 2.20 bits per heavy atom. The summed E-state index contributed by atoms with van der Waals surface area (Å²) >= 11 is 1.84. The zero-order valence-electron chi connectivity index (χ0n) is 11.2. The maximum Gasteiger partial charge on any atom is 0.0574 e. The number of nitrogens with one attached hydrogen (secondary N) is 1. The first kappa shape index (κ1) is 13.1. The Morgan fingerprint density at radius 2 is 1.60 bits per heavy atom. The van der Waals surface area contributed by atoms with Gasteiger partial charge in [0.2, 0.25) is 0 Å². The summed E-state index contributed by atoms with van der Waals surface area (Å²) < 4.78 is 0. The number of nitrogens with zero attached hydrogens (tertiary/aromatic N) is 1. The third-order valence-electron chi connectivity index (χ3n) is 3.27. The van der Waals surface area contributed by atoms with E-state index in [0.29, 0.717) is 6.54 Å². The number of hydrogen-bond donors (Lipinski definition) is 1. The highest BCUT2D eigenvalue weighted by Crippen LogP contribution is 2.47. The molecule has 100 valence electrons. The highest BCUT2D eigenvalue weighted by atomic mass is 32.2. The predicted molar refractivity (Wildman–Crippen MR) is 85.7 cm³/mol. The lowest BCUT2D eigenvalue weighted by atomic mass is 10.2. The lowest BCUT2D eigenvalue weighted by molar-refractivity contribution is 0.744. The van der Waals surface area contributed by atoms with E-state index in [1.54, 1.807) is 0 Å². The first-order valence-corrected chi connectivity index (χ1v) is 7.49. The van der Waals surface area contributed by atoms with Crippen molar-refractivity contribution in [3.63, 3.8) is 0 Å². The average molecular weight is 280 g/mol. The lowest BCUT2D eigenvalue weighted by Crippen LogP contribution is -2.30. The molecule has 1 N–H and O–H groups in total. The van der Waals surface area contributed by atoms with Gasteiger partial charge < -0.3 is 10.2 Å². The molecule has 2 aromatic rings. The summed E-state index contributed by atoms with van der Waals surface area (Å²) in [6.45, 7) is 2.40. The van der Waals surface area contributed by atoms with Gasteiger partial charge in [0.15, 0.2) is 0 Å². The fourth-order valence-electron chi connectivity index (χ4n) is 2.37. The van der Waals surface area contributed by atoms with Crippen LogP contribution in [-0.2, 0) is 0 Å². The van der Waals surface area contributed by atoms with Crippen LogP contribution < -0.4 is 10.2 Å². The van der Waals surface area contributed by atoms with Gasteiger partial charge in [-0.2, -0.15) is 0 Å². The van der Waals surface area contributed by atoms with Crippen molar-refractivity contribution in [2.45, 2.75) is 9.79 Å². The Labute approximate surface area is 124 Å². The summed E-state index contributed by atoms with van der Waals surface area (Å²) in [5.74, 6) is 2.61. The minimum Gasteiger partial charge on any atom is -0.338 e. The van der Waals surface area contributed by atoms with Crippen LogP contribution in [0.3, 0.4) is 0 Å². The van der Waals surface area contributed by atoms with Gasteiger partial charge in [-0.3, -0.25) is 0 Å². The molecule has 0 aliphatic carbocycles. The van der Waals surface area contributed by atoms with Crippen LogP contribution in [0.1, 0.15) is 0 Å². The first-order chi connectivity index (χ1) is 9.90. The molecule has 0 saturated carbocycles. The lowest BCUT2D eigenvalue weighted by Gasteiger charge is -2.32. The van der Waals surface area contributed by atoms with Gasteiger partial charge in [0.05, 0.1) is 17.9 Å². The molecular formula is C17H16N2S. The molecule has 2 aromatic carbocycles. The van der Waals surface area contributed by atoms with Crippen molar-refractivity contribution in [1.29, 1.82) is 0 Å². The summed E-state index contributed by atoms with van der Waals surface area (Å²) in [5.41, 5.74) is 2.55. The zero-order valence-corrected chi connectivity index (χ0v) is 12.0. The van der Waals surface area contributed by atoms with Crippen LogP contribution in [0.4, 0.5) is 11.4 Å². The maximum absolute atomic E-state index is 5.27. The van der Waals surface area contributed by atoms with Gasteiger partial charge in [0.1, 0.15) is 0 Å². The van der Waals surface area contributed by atoms with E-state index in [4.69, 9.17) is 6.42 Å². The van der Waals surface area contributed by atoms with Crippen LogP contribution in [0.15, 0.2) is 58.3 Å². The molecule has 1 aliphatic heterocycles. The van der Waals surface area contributed by atoms with E-state index in [0.717, 1.165) is 13.1 Å². The first-order valence-electron chi connectivity index (χ1n) is 6.68. The van der Waals surface area contributed by atoms with Gasteiger partial charge in [-0.15, -0.1) is 6.42 Å². The third kappa shape index (κ3) is 2.53. The van der Waals surface area contributed by atoms with Crippen molar-refractivity contribution in [3.05, 3.63) is 48.5 Å². The number of benzene rings is 2. The Balaban J connectivity index is 1.89. The van der Waals surface area contributed by atoms with Crippen LogP contribution in [0, 0.1) is 12.3 Å². The van der Waals surface area contributed by atoms with Gasteiger partial charge in [-0.05, 0) is 24.3 Å². The van der Waals surface area contributed by atoms with E-state index in [1.807, 2.05) is 11.8 Å². The molecule has 20 heavy (non-hydrogen) atoms. The largest absolute Gasteiger partial charge is 0.338 e. The molecule has 0 amide bonds. The van der Waals surface area contributed by atoms with Gasteiger partial charge in [-0.25, -0.2) is 0 Å². The molecule has 0 fully saturated rings. The Morgan fingerprint density at radius 1 is 1.00 bits per heavy atom. The van der Waals surface area contributed by atoms with Crippen molar-refractivity contribution < 1.29 is 0 Å². The van der Waals surface area contributed by atoms with Crippen molar-refractivity contribution in [1.82, 2.24) is 5.32 Å². The molecule has 0 radical (unpaired) electrons. The molecule has 0 atom stereocenters. The van der Waals surface area contributed by atoms with Crippen LogP contribution in [0.5, 0.6) is 0 Å². The van der Waals surface area contributed by atoms with Gasteiger partial charge in [0.25, 0.3) is 0 Å². The second kappa shape index (κ2) is 6.04. The maximum atomic E-state index is 5.27. The van der Waals surface area contributed by atoms with E-state index in [1.165, 1.54) is 21.2 Å². The van der Waals surface area contributed by atoms with Crippen LogP contribution in [0.2, 0.25) is 0 Å². The van der Waals surface area contributed by atoms with E-state index in [2.05, 4.69) is 64.7 Å². The Kier molecular flexibility index (Phi) is 3.96. The standard InChI is InChI=1S/C17H16N2S/c1-2-11-18-12-13-19-14-7-3-5-9-16(14)20-17-10-6-4-8-15(17)19/h1,3-10,18H,11-13H2. The summed E-state index contributed by atoms with van der Waals surface area (Å²) in [7, 11) is 0. The van der Waals surface area contributed by atoms with Gasteiger partial charge in [-0.1, -0.05) is 41.9 Å². The van der Waals surface area contributed by atoms with Gasteiger partial charge >= 0.3 is 0 Å². The Hall–Kier alpha value is -1.89. The molecular weight excluding hydrogens is 264 g/mol. The number of hydrogen-bond acceptors (Lipinski definition) is 3. The molecule has 0 bridgehead atoms. The minimum atomic E-state index is 0.617. The SMILES string of the molecule is C#CCNCCN1c2ccccc2Sc2ccccc21. The third-order valence-corrected chi connectivity index (χ3v) is 4.40. The number of rotatable bonds is 4. The van der Waals surface area contributed by atoms with Crippen LogP contribution in [-0.4, -0.2) is 19.6 Å². The molecule has 0 spiro atoms. The Bertz CT molecular complexity index is 600. The fourth-order valence-corrected chi connectivity index (χ4v) is 3.47. The number of anilines is 2. The molecule has 3 rings (SSSR count). The molecule has 1 aliphatic rings. The molecule has 2 nitrogen and oxygen atoms in total. The highest BCUT2D eigenvalue weighted by Gasteiger charge is 2.21. The van der Waals surface area contributed by atoms with Gasteiger partial charge in [0, 0.05) is 22.9 Å². The second-order valence-electron chi connectivity index (χ2n) is 4.57. The van der Waals surface area contributed by atoms with E-state index in [-0.39, 0.29) is 0 Å². The highest BCUT2D eigenvalue weighted by molar-refractivity contribution is 7.99. The van der Waals surface area contributed by atoms with E-state index in [9.17, 15) is 0 Å². The molecule has 0 saturated heterocycles. The normalized spacial score (nSPS) is 12.4. The van der Waals surface area contributed by atoms with E-state index >= 15 is 0 Å². The quantitative estimate of drug-likeness (QED) is 0.681. The average Bonchev–Trinajstić information content (AvgIpc) is 2.50. The number of fused-ring (bicyclic) bond motifs is 2. The topological polar surface area (TPSA) is 15.3 Å². The number of para-hydroxylation sites is 2. The molecule has 3 heteroatoms. The van der Waals surface area contributed by atoms with Crippen LogP contribution >= 0.6 is 11.8 Å². The van der Waals surface area contributed by atoms with Crippen molar-refractivity contribution >= 4 is 23.1 Å². The summed E-state index contributed by atoms with van der Waals surface area (Å²) in [5, 5.41) is 3.26.